The number of rotatable bonds is 2. The highest BCUT2D eigenvalue weighted by Gasteiger charge is 2.35. The Morgan fingerprint density at radius 3 is 2.30 bits per heavy atom. The average molecular weight is 287 g/mol. The maximum absolute atomic E-state index is 13.1. The number of carbonyl (C=O) groups excluding carboxylic acids is 1. The number of ketones is 1. The van der Waals surface area contributed by atoms with Gasteiger partial charge in [-0.15, -0.1) is 0 Å². The van der Waals surface area contributed by atoms with Crippen molar-refractivity contribution in [2.45, 2.75) is 6.18 Å². The number of carbonyl (C=O) groups is 1. The van der Waals surface area contributed by atoms with Crippen LogP contribution in [0.3, 0.4) is 0 Å². The smallest absolute Gasteiger partial charge is 0.289 e. The summed E-state index contributed by atoms with van der Waals surface area (Å²) in [7, 11) is 0. The van der Waals surface area contributed by atoms with Crippen LogP contribution in [0.15, 0.2) is 36.7 Å². The SMILES string of the molecule is O=C(c1cncc(F)c1)c1cc(F)ccc1C(F)(F)F. The third-order valence-electron chi connectivity index (χ3n) is 2.50. The summed E-state index contributed by atoms with van der Waals surface area (Å²) >= 11 is 0. The highest BCUT2D eigenvalue weighted by atomic mass is 19.4. The van der Waals surface area contributed by atoms with E-state index < -0.39 is 34.7 Å². The summed E-state index contributed by atoms with van der Waals surface area (Å²) in [4.78, 5) is 15.3. The van der Waals surface area contributed by atoms with Crippen LogP contribution in [-0.2, 0) is 6.18 Å². The van der Waals surface area contributed by atoms with Gasteiger partial charge in [0.25, 0.3) is 0 Å². The molecule has 0 spiro atoms. The van der Waals surface area contributed by atoms with Crippen molar-refractivity contribution in [1.82, 2.24) is 4.98 Å². The van der Waals surface area contributed by atoms with Gasteiger partial charge >= 0.3 is 6.18 Å². The lowest BCUT2D eigenvalue weighted by Gasteiger charge is -2.12. The van der Waals surface area contributed by atoms with Crippen LogP contribution in [0, 0.1) is 11.6 Å². The largest absolute Gasteiger partial charge is 0.417 e. The monoisotopic (exact) mass is 287 g/mol. The molecule has 0 N–H and O–H groups in total. The molecule has 0 aliphatic heterocycles. The zero-order valence-corrected chi connectivity index (χ0v) is 9.71. The quantitative estimate of drug-likeness (QED) is 0.624. The molecule has 2 rings (SSSR count). The van der Waals surface area contributed by atoms with Crippen LogP contribution in [0.2, 0.25) is 0 Å². The Morgan fingerprint density at radius 1 is 1.00 bits per heavy atom. The van der Waals surface area contributed by atoms with Gasteiger partial charge in [0.2, 0.25) is 0 Å². The minimum atomic E-state index is -4.82. The molecule has 1 aromatic carbocycles. The van der Waals surface area contributed by atoms with E-state index in [1.807, 2.05) is 0 Å². The zero-order chi connectivity index (χ0) is 14.9. The first-order valence-electron chi connectivity index (χ1n) is 5.31. The second-order valence-corrected chi connectivity index (χ2v) is 3.91. The predicted octanol–water partition coefficient (Wildman–Crippen LogP) is 3.61. The van der Waals surface area contributed by atoms with Gasteiger partial charge in [0.1, 0.15) is 11.6 Å². The molecule has 1 heterocycles. The van der Waals surface area contributed by atoms with Gasteiger partial charge in [-0.1, -0.05) is 0 Å². The van der Waals surface area contributed by atoms with Crippen molar-refractivity contribution in [2.75, 3.05) is 0 Å². The molecule has 0 unspecified atom stereocenters. The van der Waals surface area contributed by atoms with Gasteiger partial charge in [0.15, 0.2) is 5.78 Å². The number of hydrogen-bond acceptors (Lipinski definition) is 2. The summed E-state index contributed by atoms with van der Waals surface area (Å²) in [5.74, 6) is -3.02. The van der Waals surface area contributed by atoms with Crippen LogP contribution in [0.1, 0.15) is 21.5 Å². The Kier molecular flexibility index (Phi) is 3.52. The van der Waals surface area contributed by atoms with E-state index in [0.717, 1.165) is 18.5 Å². The molecule has 20 heavy (non-hydrogen) atoms. The van der Waals surface area contributed by atoms with Crippen molar-refractivity contribution in [1.29, 1.82) is 0 Å². The van der Waals surface area contributed by atoms with E-state index in [4.69, 9.17) is 0 Å². The van der Waals surface area contributed by atoms with E-state index >= 15 is 0 Å². The minimum absolute atomic E-state index is 0.388. The van der Waals surface area contributed by atoms with Crippen molar-refractivity contribution < 1.29 is 26.7 Å². The van der Waals surface area contributed by atoms with Crippen LogP contribution < -0.4 is 0 Å². The van der Waals surface area contributed by atoms with Crippen LogP contribution in [0.5, 0.6) is 0 Å². The van der Waals surface area contributed by atoms with Crippen LogP contribution in [-0.4, -0.2) is 10.8 Å². The third-order valence-corrected chi connectivity index (χ3v) is 2.50. The maximum Gasteiger partial charge on any atom is 0.417 e. The number of aromatic nitrogens is 1. The van der Waals surface area contributed by atoms with Gasteiger partial charge < -0.3 is 0 Å². The van der Waals surface area contributed by atoms with E-state index in [0.29, 0.717) is 18.2 Å². The lowest BCUT2D eigenvalue weighted by Crippen LogP contribution is -2.14. The summed E-state index contributed by atoms with van der Waals surface area (Å²) in [6, 6.07) is 2.27. The predicted molar refractivity (Wildman–Crippen MR) is 59.0 cm³/mol. The van der Waals surface area contributed by atoms with E-state index in [-0.39, 0.29) is 5.56 Å². The number of pyridine rings is 1. The number of nitrogens with zero attached hydrogens (tertiary/aromatic N) is 1. The number of benzene rings is 1. The van der Waals surface area contributed by atoms with Gasteiger partial charge in [0, 0.05) is 17.3 Å². The maximum atomic E-state index is 13.1. The first-order valence-corrected chi connectivity index (χ1v) is 5.31. The topological polar surface area (TPSA) is 30.0 Å². The molecule has 2 aromatic rings. The van der Waals surface area contributed by atoms with Crippen molar-refractivity contribution in [3.63, 3.8) is 0 Å². The molecular formula is C13H6F5NO. The number of halogens is 5. The molecule has 0 fully saturated rings. The molecule has 0 saturated heterocycles. The van der Waals surface area contributed by atoms with Crippen molar-refractivity contribution in [2.24, 2.45) is 0 Å². The van der Waals surface area contributed by atoms with Crippen molar-refractivity contribution in [3.05, 3.63) is 65.0 Å². The molecule has 7 heteroatoms. The summed E-state index contributed by atoms with van der Waals surface area (Å²) in [5, 5.41) is 0. The third kappa shape index (κ3) is 2.81. The average Bonchev–Trinajstić information content (AvgIpc) is 2.36. The molecule has 0 aliphatic rings. The summed E-state index contributed by atoms with van der Waals surface area (Å²) < 4.78 is 64.3. The molecule has 2 nitrogen and oxygen atoms in total. The molecule has 1 aromatic heterocycles. The minimum Gasteiger partial charge on any atom is -0.289 e. The van der Waals surface area contributed by atoms with E-state index in [9.17, 15) is 26.7 Å². The second-order valence-electron chi connectivity index (χ2n) is 3.91. The van der Waals surface area contributed by atoms with Gasteiger partial charge in [0.05, 0.1) is 11.8 Å². The molecule has 0 amide bonds. The Bertz CT molecular complexity index is 666. The van der Waals surface area contributed by atoms with Crippen LogP contribution in [0.4, 0.5) is 22.0 Å². The summed E-state index contributed by atoms with van der Waals surface area (Å²) in [5.41, 5.74) is -2.56. The molecule has 0 aliphatic carbocycles. The molecule has 104 valence electrons. The Balaban J connectivity index is 2.57. The lowest BCUT2D eigenvalue weighted by molar-refractivity contribution is -0.137. The summed E-state index contributed by atoms with van der Waals surface area (Å²) in [6.45, 7) is 0. The van der Waals surface area contributed by atoms with Gasteiger partial charge in [-0.05, 0) is 24.3 Å². The van der Waals surface area contributed by atoms with E-state index in [1.165, 1.54) is 0 Å². The first kappa shape index (κ1) is 14.1. The molecule has 0 radical (unpaired) electrons. The number of hydrogen-bond donors (Lipinski definition) is 0. The molecule has 0 atom stereocenters. The Morgan fingerprint density at radius 2 is 1.70 bits per heavy atom. The van der Waals surface area contributed by atoms with E-state index in [1.54, 1.807) is 0 Å². The second kappa shape index (κ2) is 4.99. The van der Waals surface area contributed by atoms with E-state index in [2.05, 4.69) is 4.98 Å². The van der Waals surface area contributed by atoms with Gasteiger partial charge in [-0.2, -0.15) is 13.2 Å². The normalized spacial score (nSPS) is 11.4. The lowest BCUT2D eigenvalue weighted by atomic mass is 9.99. The fraction of sp³-hybridized carbons (Fsp3) is 0.0769. The zero-order valence-electron chi connectivity index (χ0n) is 9.71. The van der Waals surface area contributed by atoms with Gasteiger partial charge in [-0.25, -0.2) is 8.78 Å². The van der Waals surface area contributed by atoms with Crippen LogP contribution in [0.25, 0.3) is 0 Å². The fourth-order valence-electron chi connectivity index (χ4n) is 1.64. The highest BCUT2D eigenvalue weighted by molar-refractivity contribution is 6.09. The molecule has 0 bridgehead atoms. The fourth-order valence-corrected chi connectivity index (χ4v) is 1.64. The number of alkyl halides is 3. The van der Waals surface area contributed by atoms with Gasteiger partial charge in [-0.3, -0.25) is 9.78 Å². The molecule has 0 saturated carbocycles. The Hall–Kier alpha value is -2.31. The van der Waals surface area contributed by atoms with Crippen molar-refractivity contribution in [3.8, 4) is 0 Å². The standard InChI is InChI=1S/C13H6F5NO/c14-8-1-2-11(13(16,17)18)10(4-8)12(20)7-3-9(15)6-19-5-7/h1-6H. The highest BCUT2D eigenvalue weighted by Crippen LogP contribution is 2.33. The first-order chi connectivity index (χ1) is 9.29. The molecular weight excluding hydrogens is 281 g/mol. The summed E-state index contributed by atoms with van der Waals surface area (Å²) in [6.07, 6.45) is -3.11. The Labute approximate surface area is 109 Å². The van der Waals surface area contributed by atoms with Crippen LogP contribution >= 0.6 is 0 Å². The van der Waals surface area contributed by atoms with Crippen molar-refractivity contribution >= 4 is 5.78 Å².